The highest BCUT2D eigenvalue weighted by Crippen LogP contribution is 2.37. The van der Waals surface area contributed by atoms with Gasteiger partial charge in [-0.1, -0.05) is 11.6 Å². The molecule has 4 nitrogen and oxygen atoms in total. The molecule has 3 fully saturated rings. The molecule has 3 aliphatic heterocycles. The second-order valence-electron chi connectivity index (χ2n) is 5.72. The van der Waals surface area contributed by atoms with Crippen LogP contribution in [0.3, 0.4) is 0 Å². The largest absolute Gasteiger partial charge is 0.493 e. The van der Waals surface area contributed by atoms with Gasteiger partial charge < -0.3 is 19.5 Å². The lowest BCUT2D eigenvalue weighted by atomic mass is 9.83. The molecule has 21 heavy (non-hydrogen) atoms. The SMILES string of the molecule is COc1cc(/C=C2/[C@H](O)C3CC[NH+]2CC3)cc(Cl)c1OC. The maximum Gasteiger partial charge on any atom is 0.179 e. The molecular formula is C16H21ClNO3+. The number of aliphatic hydroxyl groups excluding tert-OH is 1. The van der Waals surface area contributed by atoms with Gasteiger partial charge in [-0.25, -0.2) is 0 Å². The Morgan fingerprint density at radius 3 is 2.52 bits per heavy atom. The summed E-state index contributed by atoms with van der Waals surface area (Å²) in [5.41, 5.74) is 2.01. The van der Waals surface area contributed by atoms with Gasteiger partial charge in [0.1, 0.15) is 11.8 Å². The average Bonchev–Trinajstić information content (AvgIpc) is 2.50. The molecule has 1 aromatic rings. The number of nitrogens with one attached hydrogen (secondary N) is 1. The molecule has 3 saturated heterocycles. The zero-order chi connectivity index (χ0) is 15.0. The molecular weight excluding hydrogens is 290 g/mol. The van der Waals surface area contributed by atoms with Gasteiger partial charge in [0.25, 0.3) is 0 Å². The first-order valence-electron chi connectivity index (χ1n) is 7.30. The van der Waals surface area contributed by atoms with Crippen molar-refractivity contribution in [1.29, 1.82) is 0 Å². The van der Waals surface area contributed by atoms with Gasteiger partial charge in [0, 0.05) is 24.8 Å². The number of halogens is 1. The fourth-order valence-corrected chi connectivity index (χ4v) is 3.74. The molecule has 0 saturated carbocycles. The predicted molar refractivity (Wildman–Crippen MR) is 82.0 cm³/mol. The van der Waals surface area contributed by atoms with Gasteiger partial charge in [0.15, 0.2) is 11.5 Å². The summed E-state index contributed by atoms with van der Waals surface area (Å²) < 4.78 is 10.6. The molecule has 0 unspecified atom stereocenters. The molecule has 0 aromatic heterocycles. The van der Waals surface area contributed by atoms with Gasteiger partial charge >= 0.3 is 0 Å². The zero-order valence-electron chi connectivity index (χ0n) is 12.4. The minimum atomic E-state index is -0.339. The van der Waals surface area contributed by atoms with Crippen LogP contribution < -0.4 is 14.4 Å². The van der Waals surface area contributed by atoms with E-state index in [9.17, 15) is 5.11 Å². The van der Waals surface area contributed by atoms with E-state index < -0.39 is 0 Å². The molecule has 0 radical (unpaired) electrons. The monoisotopic (exact) mass is 310 g/mol. The summed E-state index contributed by atoms with van der Waals surface area (Å²) in [4.78, 5) is 1.39. The lowest BCUT2D eigenvalue weighted by Gasteiger charge is -2.41. The number of ether oxygens (including phenoxy) is 2. The predicted octanol–water partition coefficient (Wildman–Crippen LogP) is 1.37. The van der Waals surface area contributed by atoms with E-state index in [1.165, 1.54) is 4.90 Å². The van der Waals surface area contributed by atoms with Gasteiger partial charge in [-0.05, 0) is 17.7 Å². The molecule has 1 atom stereocenters. The van der Waals surface area contributed by atoms with Gasteiger partial charge in [0.05, 0.1) is 32.3 Å². The summed E-state index contributed by atoms with van der Waals surface area (Å²) in [6.45, 7) is 2.21. The van der Waals surface area contributed by atoms with Crippen LogP contribution in [0.1, 0.15) is 18.4 Å². The highest BCUT2D eigenvalue weighted by Gasteiger charge is 2.41. The van der Waals surface area contributed by atoms with Crippen molar-refractivity contribution in [3.05, 3.63) is 28.4 Å². The fraction of sp³-hybridized carbons (Fsp3) is 0.500. The van der Waals surface area contributed by atoms with Crippen molar-refractivity contribution in [2.75, 3.05) is 27.3 Å². The summed E-state index contributed by atoms with van der Waals surface area (Å²) in [5, 5.41) is 11.0. The van der Waals surface area contributed by atoms with Crippen LogP contribution in [0.5, 0.6) is 11.5 Å². The maximum atomic E-state index is 10.4. The van der Waals surface area contributed by atoms with Crippen LogP contribution >= 0.6 is 11.6 Å². The second kappa shape index (κ2) is 5.87. The molecule has 5 heteroatoms. The molecule has 2 bridgehead atoms. The number of hydrogen-bond donors (Lipinski definition) is 2. The molecule has 0 aliphatic carbocycles. The smallest absolute Gasteiger partial charge is 0.179 e. The molecule has 0 amide bonds. The summed E-state index contributed by atoms with van der Waals surface area (Å²) in [7, 11) is 3.17. The Bertz CT molecular complexity index is 561. The highest BCUT2D eigenvalue weighted by atomic mass is 35.5. The number of aliphatic hydroxyl groups is 1. The minimum Gasteiger partial charge on any atom is -0.493 e. The number of fused-ring (bicyclic) bond motifs is 3. The molecule has 3 aliphatic rings. The van der Waals surface area contributed by atoms with E-state index in [-0.39, 0.29) is 6.10 Å². The molecule has 4 rings (SSSR count). The summed E-state index contributed by atoms with van der Waals surface area (Å²) in [5.74, 6) is 1.56. The topological polar surface area (TPSA) is 43.1 Å². The number of hydrogen-bond acceptors (Lipinski definition) is 3. The Balaban J connectivity index is 1.97. The summed E-state index contributed by atoms with van der Waals surface area (Å²) in [6, 6.07) is 3.75. The first-order valence-corrected chi connectivity index (χ1v) is 7.68. The molecule has 0 spiro atoms. The van der Waals surface area contributed by atoms with Crippen LogP contribution in [0.4, 0.5) is 0 Å². The number of methoxy groups -OCH3 is 2. The first-order chi connectivity index (χ1) is 10.1. The van der Waals surface area contributed by atoms with Crippen molar-refractivity contribution in [2.45, 2.75) is 18.9 Å². The fourth-order valence-electron chi connectivity index (χ4n) is 3.44. The van der Waals surface area contributed by atoms with Crippen LogP contribution in [0, 0.1) is 5.92 Å². The normalized spacial score (nSPS) is 29.7. The van der Waals surface area contributed by atoms with Crippen molar-refractivity contribution in [2.24, 2.45) is 5.92 Å². The zero-order valence-corrected chi connectivity index (χ0v) is 13.1. The van der Waals surface area contributed by atoms with E-state index in [2.05, 4.69) is 0 Å². The van der Waals surface area contributed by atoms with Gasteiger partial charge in [-0.15, -0.1) is 0 Å². The minimum absolute atomic E-state index is 0.339. The quantitative estimate of drug-likeness (QED) is 0.886. The summed E-state index contributed by atoms with van der Waals surface area (Å²) >= 11 is 6.24. The standard InChI is InChI=1S/C16H20ClNO3/c1-20-14-9-10(7-12(17)16(14)21-2)8-13-15(19)11-3-5-18(13)6-4-11/h7-9,11,15,19H,3-6H2,1-2H3/p+1/b13-8-/t15-/m1/s1. The first kappa shape index (κ1) is 14.7. The van der Waals surface area contributed by atoms with E-state index in [1.54, 1.807) is 14.2 Å². The molecule has 2 N–H and O–H groups in total. The van der Waals surface area contributed by atoms with Gasteiger partial charge in [-0.3, -0.25) is 0 Å². The van der Waals surface area contributed by atoms with Crippen LogP contribution in [-0.4, -0.2) is 38.5 Å². The van der Waals surface area contributed by atoms with E-state index in [1.807, 2.05) is 18.2 Å². The van der Waals surface area contributed by atoms with Crippen LogP contribution in [0.15, 0.2) is 17.8 Å². The van der Waals surface area contributed by atoms with Gasteiger partial charge in [-0.2, -0.15) is 0 Å². The third-order valence-corrected chi connectivity index (χ3v) is 4.87. The van der Waals surface area contributed by atoms with Crippen LogP contribution in [-0.2, 0) is 0 Å². The Morgan fingerprint density at radius 2 is 1.95 bits per heavy atom. The number of quaternary nitrogens is 1. The average molecular weight is 311 g/mol. The van der Waals surface area contributed by atoms with Gasteiger partial charge in [0.2, 0.25) is 0 Å². The maximum absolute atomic E-state index is 10.4. The van der Waals surface area contributed by atoms with Crippen LogP contribution in [0.2, 0.25) is 5.02 Å². The van der Waals surface area contributed by atoms with E-state index >= 15 is 0 Å². The van der Waals surface area contributed by atoms with Crippen molar-refractivity contribution in [3.8, 4) is 11.5 Å². The van der Waals surface area contributed by atoms with Crippen molar-refractivity contribution in [1.82, 2.24) is 0 Å². The molecule has 3 heterocycles. The lowest BCUT2D eigenvalue weighted by molar-refractivity contribution is -0.880. The lowest BCUT2D eigenvalue weighted by Crippen LogP contribution is -3.14. The summed E-state index contributed by atoms with van der Waals surface area (Å²) in [6.07, 6.45) is 3.93. The number of rotatable bonds is 3. The van der Waals surface area contributed by atoms with Crippen molar-refractivity contribution >= 4 is 17.7 Å². The second-order valence-corrected chi connectivity index (χ2v) is 6.13. The third kappa shape index (κ3) is 2.63. The third-order valence-electron chi connectivity index (χ3n) is 4.59. The highest BCUT2D eigenvalue weighted by molar-refractivity contribution is 6.32. The Kier molecular flexibility index (Phi) is 4.11. The van der Waals surface area contributed by atoms with Crippen molar-refractivity contribution < 1.29 is 19.5 Å². The van der Waals surface area contributed by atoms with E-state index in [0.29, 0.717) is 22.4 Å². The van der Waals surface area contributed by atoms with Crippen LogP contribution in [0.25, 0.3) is 6.08 Å². The Morgan fingerprint density at radius 1 is 1.24 bits per heavy atom. The number of piperidine rings is 3. The van der Waals surface area contributed by atoms with E-state index in [4.69, 9.17) is 21.1 Å². The van der Waals surface area contributed by atoms with E-state index in [0.717, 1.165) is 37.2 Å². The molecule has 1 aromatic carbocycles. The molecule has 114 valence electrons. The Hall–Kier alpha value is -1.23. The number of benzene rings is 1. The van der Waals surface area contributed by atoms with Crippen molar-refractivity contribution in [3.63, 3.8) is 0 Å². The Labute approximate surface area is 129 Å².